The summed E-state index contributed by atoms with van der Waals surface area (Å²) in [7, 11) is 0. The van der Waals surface area contributed by atoms with E-state index in [1.807, 2.05) is 38.1 Å². The quantitative estimate of drug-likeness (QED) is 0.721. The number of benzene rings is 1. The van der Waals surface area contributed by atoms with E-state index in [-0.39, 0.29) is 16.9 Å². The van der Waals surface area contributed by atoms with E-state index in [9.17, 15) is 4.79 Å². The number of hydrogen-bond acceptors (Lipinski definition) is 7. The van der Waals surface area contributed by atoms with Gasteiger partial charge in [0, 0.05) is 23.1 Å². The lowest BCUT2D eigenvalue weighted by Crippen LogP contribution is -2.15. The highest BCUT2D eigenvalue weighted by Gasteiger charge is 2.12. The van der Waals surface area contributed by atoms with Crippen molar-refractivity contribution in [3.63, 3.8) is 0 Å². The summed E-state index contributed by atoms with van der Waals surface area (Å²) in [6.07, 6.45) is 0.461. The maximum atomic E-state index is 12.2. The first-order chi connectivity index (χ1) is 11.6. The number of para-hydroxylation sites is 1. The Kier molecular flexibility index (Phi) is 7.08. The zero-order valence-corrected chi connectivity index (χ0v) is 15.1. The summed E-state index contributed by atoms with van der Waals surface area (Å²) in [5.41, 5.74) is 0.757. The third kappa shape index (κ3) is 5.25. The van der Waals surface area contributed by atoms with Gasteiger partial charge in [-0.25, -0.2) is 4.68 Å². The van der Waals surface area contributed by atoms with Gasteiger partial charge in [-0.1, -0.05) is 30.8 Å². The number of rotatable bonds is 8. The van der Waals surface area contributed by atoms with Crippen LogP contribution in [0, 0.1) is 11.3 Å². The van der Waals surface area contributed by atoms with E-state index in [4.69, 9.17) is 5.26 Å². The molecule has 24 heavy (non-hydrogen) atoms. The minimum absolute atomic E-state index is 0.119. The molecule has 1 N–H and O–H groups in total. The van der Waals surface area contributed by atoms with Gasteiger partial charge in [-0.15, -0.1) is 16.9 Å². The SMILES string of the molecule is CCn1nnnc1SCC(=O)Nc1ccccc1SC(C)CC#N. The Hall–Kier alpha value is -2.05. The summed E-state index contributed by atoms with van der Waals surface area (Å²) in [6.45, 7) is 4.59. The van der Waals surface area contributed by atoms with Gasteiger partial charge in [-0.2, -0.15) is 5.26 Å². The molecule has 0 aliphatic heterocycles. The lowest BCUT2D eigenvalue weighted by Gasteiger charge is -2.13. The highest BCUT2D eigenvalue weighted by Crippen LogP contribution is 2.31. The van der Waals surface area contributed by atoms with Crippen molar-refractivity contribution in [3.05, 3.63) is 24.3 Å². The summed E-state index contributed by atoms with van der Waals surface area (Å²) >= 11 is 2.88. The van der Waals surface area contributed by atoms with Crippen molar-refractivity contribution in [2.75, 3.05) is 11.1 Å². The van der Waals surface area contributed by atoms with Crippen LogP contribution >= 0.6 is 23.5 Å². The standard InChI is InChI=1S/C15H18N6OS2/c1-3-21-15(18-19-20-21)23-10-14(22)17-12-6-4-5-7-13(12)24-11(2)8-9-16/h4-7,11H,3,8,10H2,1-2H3,(H,17,22). The second-order valence-electron chi connectivity index (χ2n) is 4.90. The number of carbonyl (C=O) groups excluding carboxylic acids is 1. The molecule has 0 aliphatic carbocycles. The van der Waals surface area contributed by atoms with Gasteiger partial charge in [0.2, 0.25) is 11.1 Å². The predicted octanol–water partition coefficient (Wildman–Crippen LogP) is 2.82. The fraction of sp³-hybridized carbons (Fsp3) is 0.400. The maximum absolute atomic E-state index is 12.2. The Morgan fingerprint density at radius 3 is 3.00 bits per heavy atom. The van der Waals surface area contributed by atoms with E-state index in [1.54, 1.807) is 16.4 Å². The minimum atomic E-state index is -0.119. The van der Waals surface area contributed by atoms with Crippen LogP contribution in [0.2, 0.25) is 0 Å². The molecule has 0 bridgehead atoms. The van der Waals surface area contributed by atoms with Crippen LogP contribution in [0.5, 0.6) is 0 Å². The molecular formula is C15H18N6OS2. The third-order valence-corrected chi connectivity index (χ3v) is 5.14. The van der Waals surface area contributed by atoms with Crippen LogP contribution in [0.3, 0.4) is 0 Å². The zero-order valence-electron chi connectivity index (χ0n) is 13.5. The van der Waals surface area contributed by atoms with Crippen molar-refractivity contribution in [2.45, 2.75) is 42.1 Å². The molecule has 0 fully saturated rings. The molecule has 2 rings (SSSR count). The van der Waals surface area contributed by atoms with E-state index in [0.29, 0.717) is 18.1 Å². The molecule has 2 aromatic rings. The maximum Gasteiger partial charge on any atom is 0.234 e. The molecule has 1 aromatic heterocycles. The molecular weight excluding hydrogens is 344 g/mol. The normalized spacial score (nSPS) is 11.7. The fourth-order valence-electron chi connectivity index (χ4n) is 1.87. The Labute approximate surface area is 149 Å². The van der Waals surface area contributed by atoms with E-state index in [1.165, 1.54) is 11.8 Å². The Morgan fingerprint density at radius 2 is 2.25 bits per heavy atom. The number of aryl methyl sites for hydroxylation is 1. The number of aromatic nitrogens is 4. The van der Waals surface area contributed by atoms with Gasteiger partial charge < -0.3 is 5.32 Å². The largest absolute Gasteiger partial charge is 0.324 e. The highest BCUT2D eigenvalue weighted by molar-refractivity contribution is 8.00. The molecule has 1 aromatic carbocycles. The Morgan fingerprint density at radius 1 is 1.46 bits per heavy atom. The molecule has 1 amide bonds. The molecule has 0 spiro atoms. The van der Waals surface area contributed by atoms with Crippen LogP contribution in [0.15, 0.2) is 34.3 Å². The molecule has 1 heterocycles. The number of anilines is 1. The van der Waals surface area contributed by atoms with Crippen molar-refractivity contribution < 1.29 is 4.79 Å². The van der Waals surface area contributed by atoms with Gasteiger partial charge >= 0.3 is 0 Å². The molecule has 0 radical (unpaired) electrons. The second kappa shape index (κ2) is 9.30. The van der Waals surface area contributed by atoms with Crippen molar-refractivity contribution in [2.24, 2.45) is 0 Å². The average Bonchev–Trinajstić information content (AvgIpc) is 3.02. The molecule has 0 saturated carbocycles. The smallest absolute Gasteiger partial charge is 0.234 e. The van der Waals surface area contributed by atoms with Crippen LogP contribution in [-0.4, -0.2) is 37.1 Å². The van der Waals surface area contributed by atoms with Crippen LogP contribution in [-0.2, 0) is 11.3 Å². The average molecular weight is 362 g/mol. The second-order valence-corrected chi connectivity index (χ2v) is 7.32. The number of tetrazole rings is 1. The number of carbonyl (C=O) groups is 1. The van der Waals surface area contributed by atoms with Crippen LogP contribution in [0.4, 0.5) is 5.69 Å². The van der Waals surface area contributed by atoms with Gasteiger partial charge in [0.25, 0.3) is 0 Å². The number of amides is 1. The van der Waals surface area contributed by atoms with Crippen molar-refractivity contribution in [1.29, 1.82) is 5.26 Å². The summed E-state index contributed by atoms with van der Waals surface area (Å²) in [5, 5.41) is 23.8. The topological polar surface area (TPSA) is 96.5 Å². The van der Waals surface area contributed by atoms with E-state index < -0.39 is 0 Å². The van der Waals surface area contributed by atoms with Crippen molar-refractivity contribution in [3.8, 4) is 6.07 Å². The minimum Gasteiger partial charge on any atom is -0.324 e. The van der Waals surface area contributed by atoms with Gasteiger partial charge in [0.15, 0.2) is 0 Å². The molecule has 126 valence electrons. The first-order valence-corrected chi connectivity index (χ1v) is 9.32. The monoisotopic (exact) mass is 362 g/mol. The first-order valence-electron chi connectivity index (χ1n) is 7.45. The van der Waals surface area contributed by atoms with Crippen molar-refractivity contribution in [1.82, 2.24) is 20.2 Å². The molecule has 7 nitrogen and oxygen atoms in total. The highest BCUT2D eigenvalue weighted by atomic mass is 32.2. The van der Waals surface area contributed by atoms with Crippen molar-refractivity contribution >= 4 is 35.1 Å². The Balaban J connectivity index is 1.95. The van der Waals surface area contributed by atoms with Crippen LogP contribution in [0.1, 0.15) is 20.3 Å². The number of nitrogens with zero attached hydrogens (tertiary/aromatic N) is 5. The van der Waals surface area contributed by atoms with Gasteiger partial charge in [-0.05, 0) is 29.5 Å². The number of hydrogen-bond donors (Lipinski definition) is 1. The molecule has 1 unspecified atom stereocenters. The molecule has 1 atom stereocenters. The predicted molar refractivity (Wildman–Crippen MR) is 94.8 cm³/mol. The molecule has 9 heteroatoms. The molecule has 0 saturated heterocycles. The van der Waals surface area contributed by atoms with Gasteiger partial charge in [0.1, 0.15) is 0 Å². The van der Waals surface area contributed by atoms with E-state index in [0.717, 1.165) is 10.6 Å². The van der Waals surface area contributed by atoms with Crippen LogP contribution in [0.25, 0.3) is 0 Å². The van der Waals surface area contributed by atoms with Gasteiger partial charge in [-0.3, -0.25) is 4.79 Å². The molecule has 0 aliphatic rings. The zero-order chi connectivity index (χ0) is 17.4. The third-order valence-electron chi connectivity index (χ3n) is 3.00. The van der Waals surface area contributed by atoms with Gasteiger partial charge in [0.05, 0.1) is 17.5 Å². The Bertz CT molecular complexity index is 727. The summed E-state index contributed by atoms with van der Waals surface area (Å²) in [4.78, 5) is 13.2. The lowest BCUT2D eigenvalue weighted by molar-refractivity contribution is -0.113. The van der Waals surface area contributed by atoms with E-state index in [2.05, 4.69) is 26.9 Å². The van der Waals surface area contributed by atoms with E-state index >= 15 is 0 Å². The van der Waals surface area contributed by atoms with Crippen LogP contribution < -0.4 is 5.32 Å². The summed E-state index contributed by atoms with van der Waals surface area (Å²) in [5.74, 6) is 0.110. The number of nitrogens with one attached hydrogen (secondary N) is 1. The summed E-state index contributed by atoms with van der Waals surface area (Å²) < 4.78 is 1.64. The lowest BCUT2D eigenvalue weighted by atomic mass is 10.3. The fourth-order valence-corrected chi connectivity index (χ4v) is 3.61. The summed E-state index contributed by atoms with van der Waals surface area (Å²) in [6, 6.07) is 9.76. The first kappa shape index (κ1) is 18.3. The number of thioether (sulfide) groups is 2. The number of nitriles is 1.